The predicted molar refractivity (Wildman–Crippen MR) is 77.8 cm³/mol. The molecular weight excluding hydrogens is 280 g/mol. The normalized spacial score (nSPS) is 11.9. The molecule has 0 fully saturated rings. The molecule has 0 amide bonds. The van der Waals surface area contributed by atoms with Crippen molar-refractivity contribution in [3.8, 4) is 0 Å². The topological polar surface area (TPSA) is 94.1 Å². The van der Waals surface area contributed by atoms with Crippen molar-refractivity contribution >= 4 is 23.1 Å². The highest BCUT2D eigenvalue weighted by molar-refractivity contribution is 6.33. The fourth-order valence-corrected chi connectivity index (χ4v) is 1.91. The van der Waals surface area contributed by atoms with Crippen LogP contribution in [0.3, 0.4) is 0 Å². The van der Waals surface area contributed by atoms with Gasteiger partial charge in [-0.05, 0) is 5.56 Å². The number of benzene rings is 1. The predicted octanol–water partition coefficient (Wildman–Crippen LogP) is 2.76. The number of hydrogen-bond donors (Lipinski definition) is 2. The zero-order chi connectivity index (χ0) is 14.5. The highest BCUT2D eigenvalue weighted by Crippen LogP contribution is 2.24. The SMILES string of the molecule is NC(CNc1ncc([N+](=O)[O-])cc1Cl)c1ccccc1. The number of rotatable bonds is 5. The van der Waals surface area contributed by atoms with Crippen LogP contribution in [-0.2, 0) is 0 Å². The summed E-state index contributed by atoms with van der Waals surface area (Å²) in [7, 11) is 0. The van der Waals surface area contributed by atoms with Crippen molar-refractivity contribution in [1.29, 1.82) is 0 Å². The molecule has 0 spiro atoms. The third-order valence-electron chi connectivity index (χ3n) is 2.75. The highest BCUT2D eigenvalue weighted by Gasteiger charge is 2.12. The maximum absolute atomic E-state index is 10.6. The monoisotopic (exact) mass is 292 g/mol. The molecule has 1 atom stereocenters. The number of halogens is 1. The van der Waals surface area contributed by atoms with Crippen molar-refractivity contribution in [1.82, 2.24) is 4.98 Å². The van der Waals surface area contributed by atoms with Crippen LogP contribution in [0.25, 0.3) is 0 Å². The summed E-state index contributed by atoms with van der Waals surface area (Å²) in [5.41, 5.74) is 6.87. The Balaban J connectivity index is 2.02. The molecule has 7 heteroatoms. The van der Waals surface area contributed by atoms with E-state index in [4.69, 9.17) is 17.3 Å². The van der Waals surface area contributed by atoms with Gasteiger partial charge in [0.15, 0.2) is 0 Å². The van der Waals surface area contributed by atoms with Gasteiger partial charge in [-0.3, -0.25) is 10.1 Å². The third kappa shape index (κ3) is 3.43. The molecule has 0 bridgehead atoms. The largest absolute Gasteiger partial charge is 0.367 e. The van der Waals surface area contributed by atoms with Gasteiger partial charge in [-0.1, -0.05) is 41.9 Å². The molecule has 0 aliphatic rings. The van der Waals surface area contributed by atoms with E-state index in [1.54, 1.807) is 0 Å². The van der Waals surface area contributed by atoms with E-state index in [-0.39, 0.29) is 16.8 Å². The first-order valence-electron chi connectivity index (χ1n) is 5.92. The lowest BCUT2D eigenvalue weighted by molar-refractivity contribution is -0.385. The molecule has 1 heterocycles. The molecule has 2 rings (SSSR count). The third-order valence-corrected chi connectivity index (χ3v) is 3.04. The van der Waals surface area contributed by atoms with E-state index in [1.807, 2.05) is 30.3 Å². The summed E-state index contributed by atoms with van der Waals surface area (Å²) in [6.07, 6.45) is 1.16. The number of nitrogens with one attached hydrogen (secondary N) is 1. The number of aromatic nitrogens is 1. The summed E-state index contributed by atoms with van der Waals surface area (Å²) in [4.78, 5) is 14.0. The van der Waals surface area contributed by atoms with Gasteiger partial charge in [0.05, 0.1) is 9.95 Å². The van der Waals surface area contributed by atoms with Crippen molar-refractivity contribution in [2.24, 2.45) is 5.73 Å². The maximum Gasteiger partial charge on any atom is 0.289 e. The van der Waals surface area contributed by atoms with E-state index < -0.39 is 4.92 Å². The maximum atomic E-state index is 10.6. The van der Waals surface area contributed by atoms with Crippen LogP contribution in [0.15, 0.2) is 42.6 Å². The molecule has 1 aromatic carbocycles. The molecule has 0 saturated carbocycles. The van der Waals surface area contributed by atoms with Crippen molar-refractivity contribution in [3.05, 3.63) is 63.3 Å². The molecule has 0 aliphatic carbocycles. The van der Waals surface area contributed by atoms with Crippen molar-refractivity contribution in [3.63, 3.8) is 0 Å². The van der Waals surface area contributed by atoms with Gasteiger partial charge in [0.1, 0.15) is 12.0 Å². The summed E-state index contributed by atoms with van der Waals surface area (Å²) in [6, 6.07) is 10.6. The molecule has 2 aromatic rings. The first-order valence-corrected chi connectivity index (χ1v) is 6.30. The quantitative estimate of drug-likeness (QED) is 0.653. The van der Waals surface area contributed by atoms with Gasteiger partial charge in [0, 0.05) is 18.7 Å². The van der Waals surface area contributed by atoms with Crippen molar-refractivity contribution in [2.45, 2.75) is 6.04 Å². The van der Waals surface area contributed by atoms with Gasteiger partial charge in [0.2, 0.25) is 0 Å². The van der Waals surface area contributed by atoms with E-state index in [2.05, 4.69) is 10.3 Å². The second-order valence-electron chi connectivity index (χ2n) is 4.18. The molecule has 1 unspecified atom stereocenters. The summed E-state index contributed by atoms with van der Waals surface area (Å²) in [5.74, 6) is 0.378. The molecule has 104 valence electrons. The fraction of sp³-hybridized carbons (Fsp3) is 0.154. The lowest BCUT2D eigenvalue weighted by Crippen LogP contribution is -2.21. The van der Waals surface area contributed by atoms with E-state index in [0.717, 1.165) is 11.8 Å². The second-order valence-corrected chi connectivity index (χ2v) is 4.59. The van der Waals surface area contributed by atoms with E-state index >= 15 is 0 Å². The molecule has 20 heavy (non-hydrogen) atoms. The number of nitrogens with two attached hydrogens (primary N) is 1. The van der Waals surface area contributed by atoms with E-state index in [9.17, 15) is 10.1 Å². The van der Waals surface area contributed by atoms with Crippen LogP contribution in [-0.4, -0.2) is 16.5 Å². The molecule has 1 aromatic heterocycles. The Morgan fingerprint density at radius 1 is 1.40 bits per heavy atom. The molecule has 0 aliphatic heterocycles. The number of nitrogens with zero attached hydrogens (tertiary/aromatic N) is 2. The van der Waals surface area contributed by atoms with Crippen LogP contribution >= 0.6 is 11.6 Å². The van der Waals surface area contributed by atoms with Gasteiger partial charge in [0.25, 0.3) is 5.69 Å². The van der Waals surface area contributed by atoms with Crippen molar-refractivity contribution in [2.75, 3.05) is 11.9 Å². The Morgan fingerprint density at radius 2 is 2.10 bits per heavy atom. The van der Waals surface area contributed by atoms with Crippen LogP contribution in [0.1, 0.15) is 11.6 Å². The highest BCUT2D eigenvalue weighted by atomic mass is 35.5. The Bertz CT molecular complexity index is 607. The average Bonchev–Trinajstić information content (AvgIpc) is 2.46. The second kappa shape index (κ2) is 6.31. The van der Waals surface area contributed by atoms with Gasteiger partial charge in [-0.15, -0.1) is 0 Å². The lowest BCUT2D eigenvalue weighted by atomic mass is 10.1. The minimum atomic E-state index is -0.543. The Morgan fingerprint density at radius 3 is 2.70 bits per heavy atom. The van der Waals surface area contributed by atoms with Crippen LogP contribution in [0.5, 0.6) is 0 Å². The van der Waals surface area contributed by atoms with Crippen LogP contribution < -0.4 is 11.1 Å². The summed E-state index contributed by atoms with van der Waals surface area (Å²) < 4.78 is 0. The summed E-state index contributed by atoms with van der Waals surface area (Å²) in [5, 5.41) is 13.8. The summed E-state index contributed by atoms with van der Waals surface area (Å²) in [6.45, 7) is 0.425. The smallest absolute Gasteiger partial charge is 0.289 e. The molecule has 6 nitrogen and oxygen atoms in total. The van der Waals surface area contributed by atoms with Crippen LogP contribution in [0.4, 0.5) is 11.5 Å². The van der Waals surface area contributed by atoms with Gasteiger partial charge in [-0.25, -0.2) is 4.98 Å². The first kappa shape index (κ1) is 14.2. The van der Waals surface area contributed by atoms with E-state index in [1.165, 1.54) is 6.07 Å². The van der Waals surface area contributed by atoms with Crippen LogP contribution in [0.2, 0.25) is 5.02 Å². The minimum Gasteiger partial charge on any atom is -0.367 e. The summed E-state index contributed by atoms with van der Waals surface area (Å²) >= 11 is 5.93. The lowest BCUT2D eigenvalue weighted by Gasteiger charge is -2.14. The van der Waals surface area contributed by atoms with Crippen molar-refractivity contribution < 1.29 is 4.92 Å². The zero-order valence-electron chi connectivity index (χ0n) is 10.5. The molecule has 3 N–H and O–H groups in total. The number of hydrogen-bond acceptors (Lipinski definition) is 5. The van der Waals surface area contributed by atoms with Gasteiger partial charge in [-0.2, -0.15) is 0 Å². The minimum absolute atomic E-state index is 0.145. The number of pyridine rings is 1. The molecule has 0 radical (unpaired) electrons. The standard InChI is InChI=1S/C13H13ClN4O2/c14-11-6-10(18(19)20)7-16-13(11)17-8-12(15)9-4-2-1-3-5-9/h1-7,12H,8,15H2,(H,16,17). The fourth-order valence-electron chi connectivity index (χ4n) is 1.68. The Labute approximate surface area is 120 Å². The molecule has 0 saturated heterocycles. The van der Waals surface area contributed by atoms with Gasteiger partial charge >= 0.3 is 0 Å². The number of nitro groups is 1. The number of anilines is 1. The zero-order valence-corrected chi connectivity index (χ0v) is 11.2. The van der Waals surface area contributed by atoms with Crippen LogP contribution in [0, 0.1) is 10.1 Å². The van der Waals surface area contributed by atoms with E-state index in [0.29, 0.717) is 12.4 Å². The molecular formula is C13H13ClN4O2. The Hall–Kier alpha value is -2.18. The average molecular weight is 293 g/mol. The Kier molecular flexibility index (Phi) is 4.49. The first-order chi connectivity index (χ1) is 9.58. The van der Waals surface area contributed by atoms with Gasteiger partial charge < -0.3 is 11.1 Å².